The zero-order chi connectivity index (χ0) is 23.9. The number of nitrogens with one attached hydrogen (secondary N) is 2. The van der Waals surface area contributed by atoms with Gasteiger partial charge in [0.1, 0.15) is 17.2 Å². The molecule has 174 valence electrons. The van der Waals surface area contributed by atoms with Crippen molar-refractivity contribution in [1.29, 1.82) is 0 Å². The Labute approximate surface area is 203 Å². The summed E-state index contributed by atoms with van der Waals surface area (Å²) in [6.07, 6.45) is 0.261. The molecule has 0 fully saturated rings. The van der Waals surface area contributed by atoms with Gasteiger partial charge in [0.25, 0.3) is 0 Å². The van der Waals surface area contributed by atoms with Crippen molar-refractivity contribution in [2.24, 2.45) is 0 Å². The van der Waals surface area contributed by atoms with Crippen molar-refractivity contribution >= 4 is 23.8 Å². The molecule has 4 aromatic rings. The predicted octanol–water partition coefficient (Wildman–Crippen LogP) is 6.14. The van der Waals surface area contributed by atoms with Crippen LogP contribution in [0.2, 0.25) is 0 Å². The van der Waals surface area contributed by atoms with E-state index < -0.39 is 0 Å². The lowest BCUT2D eigenvalue weighted by Crippen LogP contribution is -2.15. The van der Waals surface area contributed by atoms with Crippen LogP contribution in [0.15, 0.2) is 72.8 Å². The van der Waals surface area contributed by atoms with Gasteiger partial charge in [-0.2, -0.15) is 5.10 Å². The summed E-state index contributed by atoms with van der Waals surface area (Å²) in [5.74, 6) is 2.79. The predicted molar refractivity (Wildman–Crippen MR) is 135 cm³/mol. The first-order valence-corrected chi connectivity index (χ1v) is 11.5. The van der Waals surface area contributed by atoms with Gasteiger partial charge in [0.15, 0.2) is 10.6 Å². The van der Waals surface area contributed by atoms with Crippen molar-refractivity contribution in [2.75, 3.05) is 11.9 Å². The number of rotatable bonds is 9. The maximum atomic E-state index is 12.5. The summed E-state index contributed by atoms with van der Waals surface area (Å²) in [7, 11) is 0. The minimum absolute atomic E-state index is 0.113. The van der Waals surface area contributed by atoms with Crippen LogP contribution in [0.4, 0.5) is 5.69 Å². The fourth-order valence-electron chi connectivity index (χ4n) is 3.48. The molecule has 0 radical (unpaired) electrons. The first-order valence-electron chi connectivity index (χ1n) is 11.0. The number of aryl methyl sites for hydroxylation is 1. The Balaban J connectivity index is 1.33. The zero-order valence-corrected chi connectivity index (χ0v) is 19.9. The Hall–Kier alpha value is -3.91. The third-order valence-corrected chi connectivity index (χ3v) is 5.42. The Morgan fingerprint density at radius 2 is 1.71 bits per heavy atom. The molecule has 1 amide bonds. The Morgan fingerprint density at radius 3 is 2.38 bits per heavy atom. The van der Waals surface area contributed by atoms with E-state index in [0.29, 0.717) is 35.1 Å². The number of benzene rings is 3. The average molecular weight is 475 g/mol. The van der Waals surface area contributed by atoms with E-state index in [-0.39, 0.29) is 12.3 Å². The number of aromatic amines is 1. The second kappa shape index (κ2) is 10.8. The SMILES string of the molecule is CCOc1ccc(Oc2ccc(NC(=O)CCn3c(-c4cccc(C)c4)n[nH]c3=S)cc2)cc1. The number of hydrogen-bond acceptors (Lipinski definition) is 5. The van der Waals surface area contributed by atoms with Crippen LogP contribution < -0.4 is 14.8 Å². The Bertz CT molecular complexity index is 1310. The maximum Gasteiger partial charge on any atom is 0.226 e. The van der Waals surface area contributed by atoms with Crippen LogP contribution in [-0.2, 0) is 11.3 Å². The van der Waals surface area contributed by atoms with Crippen LogP contribution in [0.25, 0.3) is 11.4 Å². The van der Waals surface area contributed by atoms with E-state index in [4.69, 9.17) is 21.7 Å². The second-order valence-corrected chi connectivity index (χ2v) is 8.09. The van der Waals surface area contributed by atoms with Crippen LogP contribution >= 0.6 is 12.2 Å². The number of nitrogens with zero attached hydrogens (tertiary/aromatic N) is 2. The van der Waals surface area contributed by atoms with Gasteiger partial charge in [0.2, 0.25) is 5.91 Å². The molecule has 1 aromatic heterocycles. The molecule has 34 heavy (non-hydrogen) atoms. The van der Waals surface area contributed by atoms with Crippen LogP contribution in [0.1, 0.15) is 18.9 Å². The summed E-state index contributed by atoms with van der Waals surface area (Å²) in [5.41, 5.74) is 2.78. The summed E-state index contributed by atoms with van der Waals surface area (Å²) in [4.78, 5) is 12.5. The molecule has 0 saturated carbocycles. The number of H-pyrrole nitrogens is 1. The summed E-state index contributed by atoms with van der Waals surface area (Å²) in [5, 5.41) is 10.1. The van der Waals surface area contributed by atoms with Gasteiger partial charge in [-0.05, 0) is 80.7 Å². The smallest absolute Gasteiger partial charge is 0.226 e. The van der Waals surface area contributed by atoms with Gasteiger partial charge in [-0.1, -0.05) is 23.8 Å². The van der Waals surface area contributed by atoms with Gasteiger partial charge in [0.05, 0.1) is 6.61 Å². The summed E-state index contributed by atoms with van der Waals surface area (Å²) >= 11 is 5.37. The van der Waals surface area contributed by atoms with Gasteiger partial charge in [0, 0.05) is 24.2 Å². The molecule has 0 saturated heterocycles. The van der Waals surface area contributed by atoms with E-state index in [9.17, 15) is 4.79 Å². The van der Waals surface area contributed by atoms with Gasteiger partial charge < -0.3 is 14.8 Å². The molecule has 0 aliphatic rings. The summed E-state index contributed by atoms with van der Waals surface area (Å²) in [6, 6.07) is 22.7. The largest absolute Gasteiger partial charge is 0.494 e. The van der Waals surface area contributed by atoms with E-state index in [0.717, 1.165) is 22.7 Å². The van der Waals surface area contributed by atoms with Crippen molar-refractivity contribution in [2.45, 2.75) is 26.8 Å². The minimum atomic E-state index is -0.113. The molecule has 0 unspecified atom stereocenters. The normalized spacial score (nSPS) is 10.6. The monoisotopic (exact) mass is 474 g/mol. The molecule has 2 N–H and O–H groups in total. The number of ether oxygens (including phenoxy) is 2. The van der Waals surface area contributed by atoms with Gasteiger partial charge in [-0.15, -0.1) is 0 Å². The van der Waals surface area contributed by atoms with Gasteiger partial charge in [-0.25, -0.2) is 0 Å². The maximum absolute atomic E-state index is 12.5. The second-order valence-electron chi connectivity index (χ2n) is 7.70. The molecule has 0 aliphatic heterocycles. The van der Waals surface area contributed by atoms with Crippen molar-refractivity contribution < 1.29 is 14.3 Å². The molecular formula is C26H26N4O3S. The molecule has 4 rings (SSSR count). The van der Waals surface area contributed by atoms with Crippen LogP contribution in [0.5, 0.6) is 17.2 Å². The standard InChI is InChI=1S/C26H26N4O3S/c1-3-32-21-11-13-23(14-12-21)33-22-9-7-20(8-10-22)27-24(31)15-16-30-25(28-29-26(30)34)19-6-4-5-18(2)17-19/h4-14,17H,3,15-16H2,1-2H3,(H,27,31)(H,29,34). The van der Waals surface area contributed by atoms with Crippen molar-refractivity contribution in [1.82, 2.24) is 14.8 Å². The van der Waals surface area contributed by atoms with Crippen LogP contribution in [0.3, 0.4) is 0 Å². The third-order valence-electron chi connectivity index (χ3n) is 5.11. The molecular weight excluding hydrogens is 448 g/mol. The highest BCUT2D eigenvalue weighted by molar-refractivity contribution is 7.71. The van der Waals surface area contributed by atoms with E-state index in [1.165, 1.54) is 0 Å². The fraction of sp³-hybridized carbons (Fsp3) is 0.192. The molecule has 8 heteroatoms. The summed E-state index contributed by atoms with van der Waals surface area (Å²) in [6.45, 7) is 5.01. The lowest BCUT2D eigenvalue weighted by atomic mass is 10.1. The van der Waals surface area contributed by atoms with Crippen LogP contribution in [-0.4, -0.2) is 27.3 Å². The number of carbonyl (C=O) groups is 1. The van der Waals surface area contributed by atoms with Crippen molar-refractivity contribution in [3.8, 4) is 28.6 Å². The topological polar surface area (TPSA) is 81.2 Å². The van der Waals surface area contributed by atoms with E-state index >= 15 is 0 Å². The first kappa shape index (κ1) is 23.3. The summed E-state index contributed by atoms with van der Waals surface area (Å²) < 4.78 is 13.6. The van der Waals surface area contributed by atoms with E-state index in [1.807, 2.05) is 91.2 Å². The minimum Gasteiger partial charge on any atom is -0.494 e. The highest BCUT2D eigenvalue weighted by atomic mass is 32.1. The van der Waals surface area contributed by atoms with E-state index in [1.54, 1.807) is 0 Å². The molecule has 0 bridgehead atoms. The molecule has 1 heterocycles. The third kappa shape index (κ3) is 5.90. The number of hydrogen-bond donors (Lipinski definition) is 2. The Kier molecular flexibility index (Phi) is 7.39. The van der Waals surface area contributed by atoms with Gasteiger partial charge >= 0.3 is 0 Å². The molecule has 3 aromatic carbocycles. The Morgan fingerprint density at radius 1 is 1.03 bits per heavy atom. The molecule has 0 spiro atoms. The van der Waals surface area contributed by atoms with Gasteiger partial charge in [-0.3, -0.25) is 14.5 Å². The first-order chi connectivity index (χ1) is 16.5. The average Bonchev–Trinajstić information content (AvgIpc) is 3.21. The van der Waals surface area contributed by atoms with Crippen molar-refractivity contribution in [3.05, 3.63) is 83.1 Å². The highest BCUT2D eigenvalue weighted by Gasteiger charge is 2.11. The highest BCUT2D eigenvalue weighted by Crippen LogP contribution is 2.25. The van der Waals surface area contributed by atoms with E-state index in [2.05, 4.69) is 15.5 Å². The van der Waals surface area contributed by atoms with Crippen LogP contribution in [0, 0.1) is 11.7 Å². The molecule has 0 atom stereocenters. The fourth-order valence-corrected chi connectivity index (χ4v) is 3.70. The van der Waals surface area contributed by atoms with Crippen molar-refractivity contribution in [3.63, 3.8) is 0 Å². The zero-order valence-electron chi connectivity index (χ0n) is 19.1. The number of carbonyl (C=O) groups excluding carboxylic acids is 1. The molecule has 0 aliphatic carbocycles. The lowest BCUT2D eigenvalue weighted by molar-refractivity contribution is -0.116. The lowest BCUT2D eigenvalue weighted by Gasteiger charge is -2.10. The molecule has 7 nitrogen and oxygen atoms in total. The number of anilines is 1. The number of aromatic nitrogens is 3. The quantitative estimate of drug-likeness (QED) is 0.285. The number of amides is 1.